The highest BCUT2D eigenvalue weighted by atomic mass is 16.5. The molecular weight excluding hydrogens is 320 g/mol. The van der Waals surface area contributed by atoms with E-state index in [2.05, 4.69) is 5.32 Å². The lowest BCUT2D eigenvalue weighted by atomic mass is 10.1. The molecule has 0 radical (unpaired) electrons. The van der Waals surface area contributed by atoms with Crippen molar-refractivity contribution in [2.24, 2.45) is 5.73 Å². The quantitative estimate of drug-likeness (QED) is 0.844. The van der Waals surface area contributed by atoms with E-state index >= 15 is 0 Å². The van der Waals surface area contributed by atoms with Crippen LogP contribution >= 0.6 is 0 Å². The summed E-state index contributed by atoms with van der Waals surface area (Å²) in [5, 5.41) is 2.84. The molecule has 1 atom stereocenters. The van der Waals surface area contributed by atoms with E-state index in [4.69, 9.17) is 15.2 Å². The van der Waals surface area contributed by atoms with Gasteiger partial charge in [0.1, 0.15) is 11.5 Å². The van der Waals surface area contributed by atoms with Crippen molar-refractivity contribution in [3.63, 3.8) is 0 Å². The summed E-state index contributed by atoms with van der Waals surface area (Å²) >= 11 is 0. The number of amides is 2. The Balaban J connectivity index is 2.18. The molecule has 3 N–H and O–H groups in total. The van der Waals surface area contributed by atoms with Crippen LogP contribution in [0.5, 0.6) is 11.5 Å². The molecule has 2 rings (SSSR count). The lowest BCUT2D eigenvalue weighted by Gasteiger charge is -2.18. The van der Waals surface area contributed by atoms with Crippen LogP contribution in [0.25, 0.3) is 0 Å². The van der Waals surface area contributed by atoms with Crippen LogP contribution in [0.15, 0.2) is 36.4 Å². The van der Waals surface area contributed by atoms with E-state index in [1.165, 1.54) is 19.2 Å². The Hall–Kier alpha value is -3.02. The second-order valence-electron chi connectivity index (χ2n) is 5.79. The molecular formula is C19H22N2O4. The number of nitrogens with two attached hydrogens (primary N) is 1. The third-order valence-electron chi connectivity index (χ3n) is 3.78. The van der Waals surface area contributed by atoms with Crippen molar-refractivity contribution in [1.82, 2.24) is 0 Å². The average molecular weight is 342 g/mol. The van der Waals surface area contributed by atoms with Gasteiger partial charge in [0.05, 0.1) is 12.7 Å². The first-order valence-electron chi connectivity index (χ1n) is 7.84. The second kappa shape index (κ2) is 7.70. The largest absolute Gasteiger partial charge is 0.497 e. The number of hydrogen-bond donors (Lipinski definition) is 2. The van der Waals surface area contributed by atoms with E-state index in [9.17, 15) is 9.59 Å². The fourth-order valence-corrected chi connectivity index (χ4v) is 2.28. The van der Waals surface area contributed by atoms with Crippen LogP contribution in [0, 0.1) is 13.8 Å². The van der Waals surface area contributed by atoms with Crippen molar-refractivity contribution < 1.29 is 19.1 Å². The molecule has 2 aromatic rings. The third kappa shape index (κ3) is 4.50. The summed E-state index contributed by atoms with van der Waals surface area (Å²) in [4.78, 5) is 24.0. The molecule has 0 aromatic heterocycles. The van der Waals surface area contributed by atoms with Gasteiger partial charge in [-0.25, -0.2) is 0 Å². The molecule has 132 valence electrons. The molecule has 0 unspecified atom stereocenters. The summed E-state index contributed by atoms with van der Waals surface area (Å²) in [6.45, 7) is 5.46. The van der Waals surface area contributed by atoms with Crippen molar-refractivity contribution in [1.29, 1.82) is 0 Å². The number of benzene rings is 2. The molecule has 0 fully saturated rings. The number of nitrogens with one attached hydrogen (secondary N) is 1. The van der Waals surface area contributed by atoms with Gasteiger partial charge >= 0.3 is 0 Å². The summed E-state index contributed by atoms with van der Waals surface area (Å²) in [6.07, 6.45) is -0.829. The van der Waals surface area contributed by atoms with Crippen LogP contribution in [0.3, 0.4) is 0 Å². The topological polar surface area (TPSA) is 90.7 Å². The molecule has 25 heavy (non-hydrogen) atoms. The van der Waals surface area contributed by atoms with Gasteiger partial charge in [-0.1, -0.05) is 12.1 Å². The smallest absolute Gasteiger partial charge is 0.265 e. The minimum atomic E-state index is -0.829. The summed E-state index contributed by atoms with van der Waals surface area (Å²) in [5.41, 5.74) is 8.26. The van der Waals surface area contributed by atoms with Gasteiger partial charge < -0.3 is 20.5 Å². The predicted molar refractivity (Wildman–Crippen MR) is 96.1 cm³/mol. The van der Waals surface area contributed by atoms with E-state index in [0.29, 0.717) is 5.75 Å². The molecule has 0 saturated heterocycles. The molecule has 2 aromatic carbocycles. The van der Waals surface area contributed by atoms with Crippen molar-refractivity contribution in [3.05, 3.63) is 53.1 Å². The second-order valence-corrected chi connectivity index (χ2v) is 5.79. The number of carbonyl (C=O) groups is 2. The summed E-state index contributed by atoms with van der Waals surface area (Å²) in [6, 6.07) is 10.4. The van der Waals surface area contributed by atoms with Gasteiger partial charge in [-0.2, -0.15) is 0 Å². The van der Waals surface area contributed by atoms with E-state index in [-0.39, 0.29) is 17.2 Å². The Morgan fingerprint density at radius 3 is 2.48 bits per heavy atom. The van der Waals surface area contributed by atoms with E-state index in [0.717, 1.165) is 16.8 Å². The van der Waals surface area contributed by atoms with Gasteiger partial charge in [0, 0.05) is 11.8 Å². The normalized spacial score (nSPS) is 11.5. The maximum atomic E-state index is 12.4. The van der Waals surface area contributed by atoms with E-state index in [1.807, 2.05) is 32.0 Å². The average Bonchev–Trinajstić information content (AvgIpc) is 2.57. The zero-order valence-corrected chi connectivity index (χ0v) is 14.8. The number of rotatable bonds is 6. The number of carbonyl (C=O) groups excluding carboxylic acids is 2. The fourth-order valence-electron chi connectivity index (χ4n) is 2.28. The van der Waals surface area contributed by atoms with Crippen molar-refractivity contribution in [3.8, 4) is 11.5 Å². The SMILES string of the molecule is COc1ccc(C(N)=O)c(O[C@@H](C)C(=O)Nc2cc(C)ccc2C)c1. The van der Waals surface area contributed by atoms with Crippen LogP contribution in [0.1, 0.15) is 28.4 Å². The van der Waals surface area contributed by atoms with Crippen LogP contribution in [0.2, 0.25) is 0 Å². The van der Waals surface area contributed by atoms with E-state index in [1.54, 1.807) is 13.0 Å². The van der Waals surface area contributed by atoms with Crippen LogP contribution < -0.4 is 20.5 Å². The first kappa shape index (κ1) is 18.3. The molecule has 0 aliphatic heterocycles. The number of hydrogen-bond acceptors (Lipinski definition) is 4. The first-order chi connectivity index (χ1) is 11.8. The minimum Gasteiger partial charge on any atom is -0.497 e. The Labute approximate surface area is 146 Å². The molecule has 6 nitrogen and oxygen atoms in total. The van der Waals surface area contributed by atoms with Gasteiger partial charge in [-0.05, 0) is 50.1 Å². The molecule has 0 saturated carbocycles. The lowest BCUT2D eigenvalue weighted by molar-refractivity contribution is -0.122. The molecule has 0 heterocycles. The van der Waals surface area contributed by atoms with E-state index < -0.39 is 12.0 Å². The number of anilines is 1. The molecule has 0 aliphatic rings. The van der Waals surface area contributed by atoms with Gasteiger partial charge in [-0.15, -0.1) is 0 Å². The Bertz CT molecular complexity index is 802. The van der Waals surface area contributed by atoms with Crippen LogP contribution in [0.4, 0.5) is 5.69 Å². The van der Waals surface area contributed by atoms with Crippen molar-refractivity contribution in [2.75, 3.05) is 12.4 Å². The molecule has 2 amide bonds. The van der Waals surface area contributed by atoms with Gasteiger partial charge in [0.25, 0.3) is 11.8 Å². The zero-order valence-electron chi connectivity index (χ0n) is 14.8. The lowest BCUT2D eigenvalue weighted by Crippen LogP contribution is -2.31. The Morgan fingerprint density at radius 1 is 1.12 bits per heavy atom. The Morgan fingerprint density at radius 2 is 1.84 bits per heavy atom. The number of aryl methyl sites for hydroxylation is 2. The molecule has 0 bridgehead atoms. The number of methoxy groups -OCH3 is 1. The van der Waals surface area contributed by atoms with Gasteiger partial charge in [-0.3, -0.25) is 9.59 Å². The van der Waals surface area contributed by atoms with Crippen LogP contribution in [-0.4, -0.2) is 25.0 Å². The highest BCUT2D eigenvalue weighted by molar-refractivity contribution is 5.97. The first-order valence-corrected chi connectivity index (χ1v) is 7.84. The summed E-state index contributed by atoms with van der Waals surface area (Å²) < 4.78 is 10.8. The van der Waals surface area contributed by atoms with Crippen LogP contribution in [-0.2, 0) is 4.79 Å². The highest BCUT2D eigenvalue weighted by Gasteiger charge is 2.19. The number of primary amides is 1. The Kier molecular flexibility index (Phi) is 5.64. The maximum Gasteiger partial charge on any atom is 0.265 e. The van der Waals surface area contributed by atoms with Gasteiger partial charge in [0.15, 0.2) is 6.10 Å². The summed E-state index contributed by atoms with van der Waals surface area (Å²) in [7, 11) is 1.50. The minimum absolute atomic E-state index is 0.187. The predicted octanol–water partition coefficient (Wildman–Crippen LogP) is 2.82. The summed E-state index contributed by atoms with van der Waals surface area (Å²) in [5.74, 6) is -0.260. The van der Waals surface area contributed by atoms with Crippen molar-refractivity contribution in [2.45, 2.75) is 26.9 Å². The molecule has 0 spiro atoms. The fraction of sp³-hybridized carbons (Fsp3) is 0.263. The maximum absolute atomic E-state index is 12.4. The monoisotopic (exact) mass is 342 g/mol. The third-order valence-corrected chi connectivity index (χ3v) is 3.78. The van der Waals surface area contributed by atoms with Gasteiger partial charge in [0.2, 0.25) is 0 Å². The van der Waals surface area contributed by atoms with Crippen molar-refractivity contribution >= 4 is 17.5 Å². The molecule has 0 aliphatic carbocycles. The molecule has 6 heteroatoms. The zero-order chi connectivity index (χ0) is 18.6. The number of ether oxygens (including phenoxy) is 2. The highest BCUT2D eigenvalue weighted by Crippen LogP contribution is 2.26. The standard InChI is InChI=1S/C19H22N2O4/c1-11-5-6-12(2)16(9-11)21-19(23)13(3)25-17-10-14(24-4)7-8-15(17)18(20)22/h5-10,13H,1-4H3,(H2,20,22)(H,21,23)/t13-/m0/s1.